The highest BCUT2D eigenvalue weighted by atomic mass is 16.5. The number of nitrogens with zero attached hydrogens (tertiary/aromatic N) is 6. The Hall–Kier alpha value is -8.24. The molecule has 0 radical (unpaired) electrons. The van der Waals surface area contributed by atoms with Crippen molar-refractivity contribution in [1.82, 2.24) is 20.1 Å². The fraction of sp³-hybridized carbons (Fsp3) is 0.352. The van der Waals surface area contributed by atoms with Gasteiger partial charge in [-0.15, -0.1) is 0 Å². The average molecular weight is 980 g/mol. The van der Waals surface area contributed by atoms with Crippen molar-refractivity contribution in [2.24, 2.45) is 15.1 Å². The molecule has 4 aliphatic heterocycles. The topological polar surface area (TPSA) is 200 Å². The molecule has 18 heteroatoms. The maximum Gasteiger partial charge on any atom is 0.256 e. The third-order valence-electron chi connectivity index (χ3n) is 12.6. The third-order valence-corrected chi connectivity index (χ3v) is 12.6. The van der Waals surface area contributed by atoms with E-state index in [1.54, 1.807) is 55.5 Å². The van der Waals surface area contributed by atoms with Gasteiger partial charge in [0.25, 0.3) is 23.6 Å². The number of imide groups is 1. The molecule has 4 aromatic rings. The Morgan fingerprint density at radius 2 is 1.42 bits per heavy atom. The fourth-order valence-electron chi connectivity index (χ4n) is 8.77. The Kier molecular flexibility index (Phi) is 16.4. The molecule has 1 N–H and O–H groups in total. The summed E-state index contributed by atoms with van der Waals surface area (Å²) in [6.45, 7) is 7.90. The molecule has 0 aromatic heterocycles. The third kappa shape index (κ3) is 12.2. The second-order valence-corrected chi connectivity index (χ2v) is 17.4. The molecule has 72 heavy (non-hydrogen) atoms. The predicted octanol–water partition coefficient (Wildman–Crippen LogP) is 7.30. The number of nitrogens with one attached hydrogen (secondary N) is 1. The maximum atomic E-state index is 13.6. The van der Waals surface area contributed by atoms with Gasteiger partial charge in [-0.3, -0.25) is 33.9 Å². The second-order valence-electron chi connectivity index (χ2n) is 17.4. The van der Waals surface area contributed by atoms with Crippen LogP contribution in [-0.4, -0.2) is 122 Å². The zero-order valence-corrected chi connectivity index (χ0v) is 40.6. The number of rotatable bonds is 20. The number of fused-ring (bicyclic) bond motifs is 2. The summed E-state index contributed by atoms with van der Waals surface area (Å²) in [7, 11) is 3.05. The van der Waals surface area contributed by atoms with E-state index in [1.807, 2.05) is 34.2 Å². The highest BCUT2D eigenvalue weighted by Gasteiger charge is 2.31. The summed E-state index contributed by atoms with van der Waals surface area (Å²) in [6.07, 6.45) is 9.93. The van der Waals surface area contributed by atoms with E-state index in [9.17, 15) is 24.0 Å². The molecule has 4 heterocycles. The van der Waals surface area contributed by atoms with Crippen molar-refractivity contribution in [3.63, 3.8) is 0 Å². The van der Waals surface area contributed by atoms with Crippen LogP contribution in [0, 0.1) is 0 Å². The van der Waals surface area contributed by atoms with Crippen LogP contribution < -0.4 is 33.8 Å². The predicted molar refractivity (Wildman–Crippen MR) is 269 cm³/mol. The standard InChI is InChI=1S/C54H57N7O11/c1-5-55-44-30-48(46(67-3)28-42(44)53(65)59-19-8-6-9-20-59)71-33-36-25-37(34-72-49-31-45-43(29-47(49)68-4)54(66)60-21-10-7-11-39(60)32-56-45)27-41(26-36)70-24-23-69-40-14-12-38(13-15-40)35(2)57-58-50(62)18-22-61-51(63)16-17-52(61)64/h12-17,25-32,39H,1,6-11,18-24,33-34H2,2-4H3,(H,58,62)/b57-35-/t39-/m0/s1. The highest BCUT2D eigenvalue weighted by Crippen LogP contribution is 2.39. The number of benzene rings is 4. The molecule has 0 unspecified atom stereocenters. The zero-order valence-electron chi connectivity index (χ0n) is 40.6. The summed E-state index contributed by atoms with van der Waals surface area (Å²) in [6, 6.07) is 19.5. The van der Waals surface area contributed by atoms with Crippen LogP contribution in [0.4, 0.5) is 11.4 Å². The number of methoxy groups -OCH3 is 2. The molecule has 4 aromatic carbocycles. The largest absolute Gasteiger partial charge is 0.493 e. The molecule has 18 nitrogen and oxygen atoms in total. The molecule has 5 amide bonds. The second kappa shape index (κ2) is 23.6. The van der Waals surface area contributed by atoms with Crippen molar-refractivity contribution in [3.8, 4) is 34.5 Å². The first kappa shape index (κ1) is 50.2. The lowest BCUT2D eigenvalue weighted by Gasteiger charge is -2.32. The molecular weight excluding hydrogens is 923 g/mol. The molecule has 0 spiro atoms. The minimum Gasteiger partial charge on any atom is -0.493 e. The van der Waals surface area contributed by atoms with E-state index in [0.29, 0.717) is 82.3 Å². The van der Waals surface area contributed by atoms with Gasteiger partial charge in [-0.25, -0.2) is 10.4 Å². The molecule has 8 rings (SSSR count). The number of piperidine rings is 2. The van der Waals surface area contributed by atoms with Crippen molar-refractivity contribution in [1.29, 1.82) is 0 Å². The van der Waals surface area contributed by atoms with Crippen molar-refractivity contribution in [2.75, 3.05) is 53.6 Å². The summed E-state index contributed by atoms with van der Waals surface area (Å²) in [4.78, 5) is 76.9. The smallest absolute Gasteiger partial charge is 0.256 e. The quantitative estimate of drug-likeness (QED) is 0.0404. The van der Waals surface area contributed by atoms with Gasteiger partial charge in [0.1, 0.15) is 37.9 Å². The number of amides is 5. The number of aliphatic imine (C=N–C) groups is 2. The first-order valence-electron chi connectivity index (χ1n) is 23.9. The normalized spacial score (nSPS) is 16.3. The number of carbonyl (C=O) groups is 5. The van der Waals surface area contributed by atoms with Crippen LogP contribution in [0.3, 0.4) is 0 Å². The summed E-state index contributed by atoms with van der Waals surface area (Å²) < 4.78 is 36.5. The van der Waals surface area contributed by atoms with Gasteiger partial charge in [-0.1, -0.05) is 0 Å². The molecular formula is C54H57N7O11. The molecule has 1 atom stereocenters. The first-order chi connectivity index (χ1) is 35.0. The number of hydrogen-bond donors (Lipinski definition) is 1. The zero-order chi connectivity index (χ0) is 50.6. The van der Waals surface area contributed by atoms with Gasteiger partial charge in [-0.05, 0) is 129 Å². The fourth-order valence-corrected chi connectivity index (χ4v) is 8.77. The summed E-state index contributed by atoms with van der Waals surface area (Å²) in [5.74, 6) is 3.65. The van der Waals surface area contributed by atoms with Crippen LogP contribution in [0.2, 0.25) is 0 Å². The molecule has 0 aliphatic carbocycles. The number of ether oxygens (including phenoxy) is 6. The van der Waals surface area contributed by atoms with Crippen molar-refractivity contribution in [2.45, 2.75) is 71.1 Å². The van der Waals surface area contributed by atoms with E-state index < -0.39 is 17.7 Å². The lowest BCUT2D eigenvalue weighted by atomic mass is 10.0. The Bertz CT molecular complexity index is 2830. The van der Waals surface area contributed by atoms with E-state index >= 15 is 0 Å². The van der Waals surface area contributed by atoms with Gasteiger partial charge in [0, 0.05) is 63.1 Å². The molecule has 2 fully saturated rings. The van der Waals surface area contributed by atoms with E-state index in [2.05, 4.69) is 28.0 Å². The van der Waals surface area contributed by atoms with E-state index in [-0.39, 0.29) is 57.2 Å². The first-order valence-corrected chi connectivity index (χ1v) is 23.9. The Balaban J connectivity index is 0.952. The van der Waals surface area contributed by atoms with E-state index in [1.165, 1.54) is 26.4 Å². The summed E-state index contributed by atoms with van der Waals surface area (Å²) in [5, 5.41) is 4.16. The Morgan fingerprint density at radius 3 is 2.10 bits per heavy atom. The van der Waals surface area contributed by atoms with Gasteiger partial charge in [-0.2, -0.15) is 5.10 Å². The number of hydrazone groups is 1. The molecule has 374 valence electrons. The van der Waals surface area contributed by atoms with Gasteiger partial charge in [0.15, 0.2) is 23.0 Å². The summed E-state index contributed by atoms with van der Waals surface area (Å²) >= 11 is 0. The monoisotopic (exact) mass is 979 g/mol. The maximum absolute atomic E-state index is 13.6. The summed E-state index contributed by atoms with van der Waals surface area (Å²) in [5.41, 5.74) is 6.94. The van der Waals surface area contributed by atoms with Crippen LogP contribution in [0.15, 0.2) is 101 Å². The van der Waals surface area contributed by atoms with Crippen LogP contribution in [0.1, 0.15) is 89.3 Å². The van der Waals surface area contributed by atoms with E-state index in [0.717, 1.165) is 60.1 Å². The Labute approximate surface area is 417 Å². The molecule has 0 saturated carbocycles. The molecule has 4 aliphatic rings. The minimum atomic E-state index is -0.447. The van der Waals surface area contributed by atoms with Gasteiger partial charge < -0.3 is 38.2 Å². The number of hydrogen-bond acceptors (Lipinski definition) is 14. The number of carbonyl (C=O) groups excluding carboxylic acids is 5. The minimum absolute atomic E-state index is 0.0374. The van der Waals surface area contributed by atoms with Crippen LogP contribution in [-0.2, 0) is 27.6 Å². The molecule has 2 saturated heterocycles. The van der Waals surface area contributed by atoms with Crippen molar-refractivity contribution < 1.29 is 52.4 Å². The van der Waals surface area contributed by atoms with Crippen LogP contribution >= 0.6 is 0 Å². The Morgan fingerprint density at radius 1 is 0.764 bits per heavy atom. The average Bonchev–Trinajstić information content (AvgIpc) is 3.66. The molecule has 0 bridgehead atoms. The SMILES string of the molecule is C=C=Nc1cc(OCc2cc(COc3cc4c(cc3OC)C(=O)N3CCCC[C@H]3C=N4)cc(OCCOc3ccc(/C(C)=N\NC(=O)CCN4C(=O)C=CC4=O)cc3)c2)c(OC)cc1C(=O)N1CCCCC1. The van der Waals surface area contributed by atoms with Gasteiger partial charge >= 0.3 is 0 Å². The van der Waals surface area contributed by atoms with Crippen LogP contribution in [0.5, 0.6) is 34.5 Å². The van der Waals surface area contributed by atoms with Gasteiger partial charge in [0.2, 0.25) is 5.91 Å². The van der Waals surface area contributed by atoms with Gasteiger partial charge in [0.05, 0.1) is 48.5 Å². The van der Waals surface area contributed by atoms with Crippen molar-refractivity contribution >= 4 is 58.7 Å². The number of likely N-dealkylation sites (tertiary alicyclic amines) is 1. The van der Waals surface area contributed by atoms with Crippen molar-refractivity contribution in [3.05, 3.63) is 113 Å². The lowest BCUT2D eigenvalue weighted by molar-refractivity contribution is -0.137. The van der Waals surface area contributed by atoms with E-state index in [4.69, 9.17) is 33.4 Å². The lowest BCUT2D eigenvalue weighted by Crippen LogP contribution is -2.43. The van der Waals surface area contributed by atoms with Crippen LogP contribution in [0.25, 0.3) is 0 Å². The highest BCUT2D eigenvalue weighted by molar-refractivity contribution is 6.13.